The molecule has 2 aliphatic carbocycles. The minimum absolute atomic E-state index is 0.0413. The number of imidazole rings is 1. The van der Waals surface area contributed by atoms with Gasteiger partial charge in [-0.25, -0.2) is 19.7 Å². The molecule has 0 radical (unpaired) electrons. The van der Waals surface area contributed by atoms with E-state index in [1.807, 2.05) is 13.8 Å². The summed E-state index contributed by atoms with van der Waals surface area (Å²) in [6.45, 7) is 8.11. The van der Waals surface area contributed by atoms with Crippen LogP contribution < -0.4 is 9.64 Å². The van der Waals surface area contributed by atoms with Crippen LogP contribution >= 0.6 is 0 Å². The highest BCUT2D eigenvalue weighted by molar-refractivity contribution is 6.04. The van der Waals surface area contributed by atoms with Gasteiger partial charge in [-0.15, -0.1) is 0 Å². The highest BCUT2D eigenvalue weighted by Crippen LogP contribution is 2.44. The first-order valence-electron chi connectivity index (χ1n) is 11.1. The van der Waals surface area contributed by atoms with Crippen molar-refractivity contribution >= 4 is 23.5 Å². The van der Waals surface area contributed by atoms with E-state index in [-0.39, 0.29) is 36.7 Å². The molecule has 5 rings (SSSR count). The smallest absolute Gasteiger partial charge is 0.330 e. The molecule has 2 aromatic rings. The Balaban J connectivity index is 0.00000126. The zero-order valence-corrected chi connectivity index (χ0v) is 18.6. The topological polar surface area (TPSA) is 104 Å². The van der Waals surface area contributed by atoms with Crippen molar-refractivity contribution in [1.29, 1.82) is 0 Å². The molecular formula is C23H25FN6O3. The Morgan fingerprint density at radius 2 is 1.85 bits per heavy atom. The van der Waals surface area contributed by atoms with Crippen molar-refractivity contribution in [2.24, 2.45) is 0 Å². The number of hydrogen-bond donors (Lipinski definition) is 1. The third-order valence-electron chi connectivity index (χ3n) is 5.22. The van der Waals surface area contributed by atoms with E-state index < -0.39 is 12.0 Å². The van der Waals surface area contributed by atoms with Gasteiger partial charge in [-0.2, -0.15) is 4.39 Å². The van der Waals surface area contributed by atoms with E-state index in [4.69, 9.17) is 4.74 Å². The van der Waals surface area contributed by atoms with Crippen molar-refractivity contribution in [2.45, 2.75) is 64.5 Å². The molecule has 0 saturated heterocycles. The number of halogens is 1. The summed E-state index contributed by atoms with van der Waals surface area (Å²) in [5.74, 6) is 6.34. The van der Waals surface area contributed by atoms with Crippen molar-refractivity contribution < 1.29 is 18.7 Å². The van der Waals surface area contributed by atoms with Crippen LogP contribution in [-0.2, 0) is 4.79 Å². The quantitative estimate of drug-likeness (QED) is 0.422. The number of ether oxygens (including phenoxy) is 1. The maximum absolute atomic E-state index is 13.0. The zero-order valence-electron chi connectivity index (χ0n) is 18.6. The highest BCUT2D eigenvalue weighted by Gasteiger charge is 2.47. The van der Waals surface area contributed by atoms with Crippen LogP contribution in [0.25, 0.3) is 5.70 Å². The van der Waals surface area contributed by atoms with E-state index in [2.05, 4.69) is 38.4 Å². The molecule has 2 saturated carbocycles. The Morgan fingerprint density at radius 3 is 2.48 bits per heavy atom. The van der Waals surface area contributed by atoms with Gasteiger partial charge in [0.25, 0.3) is 0 Å². The van der Waals surface area contributed by atoms with Gasteiger partial charge in [0.15, 0.2) is 17.4 Å². The lowest BCUT2D eigenvalue weighted by atomic mass is 10.2. The summed E-state index contributed by atoms with van der Waals surface area (Å²) in [5.41, 5.74) is 1.35. The number of esters is 1. The maximum Gasteiger partial charge on any atom is 0.330 e. The lowest BCUT2D eigenvalue weighted by molar-refractivity contribution is -0.134. The number of carbonyl (C=O) groups excluding carboxylic acids is 2. The monoisotopic (exact) mass is 452 g/mol. The zero-order chi connectivity index (χ0) is 23.5. The van der Waals surface area contributed by atoms with E-state index in [1.54, 1.807) is 9.80 Å². The number of carbonyl (C=O) groups is 2. The first-order valence-corrected chi connectivity index (χ1v) is 11.1. The standard InChI is InChI=1S/C21H19FN6O3.C2H6/c1-12-18-19(28(14-8-9-14)21(30)27(12)13-6-7-13)26-16(25-18)4-2-3-5-17(29)31-15-10-23-20(22)24-11-15;1-2/h10-11,13-14H,1,3,5-9H2,(H,25,26);1-2H3. The Bertz CT molecular complexity index is 1130. The number of rotatable bonds is 5. The fourth-order valence-electron chi connectivity index (χ4n) is 3.46. The Labute approximate surface area is 191 Å². The van der Waals surface area contributed by atoms with Gasteiger partial charge in [0, 0.05) is 18.5 Å². The summed E-state index contributed by atoms with van der Waals surface area (Å²) in [5, 5.41) is 0. The summed E-state index contributed by atoms with van der Waals surface area (Å²) in [6, 6.07) is 0.334. The molecular weight excluding hydrogens is 427 g/mol. The molecule has 1 aliphatic heterocycles. The van der Waals surface area contributed by atoms with E-state index in [1.165, 1.54) is 0 Å². The van der Waals surface area contributed by atoms with E-state index in [0.717, 1.165) is 43.8 Å². The van der Waals surface area contributed by atoms with Crippen molar-refractivity contribution in [1.82, 2.24) is 24.8 Å². The number of nitrogens with zero attached hydrogens (tertiary/aromatic N) is 5. The van der Waals surface area contributed by atoms with Crippen LogP contribution in [0.5, 0.6) is 5.75 Å². The molecule has 172 valence electrons. The number of aromatic nitrogens is 4. The molecule has 2 fully saturated rings. The fourth-order valence-corrected chi connectivity index (χ4v) is 3.46. The summed E-state index contributed by atoms with van der Waals surface area (Å²) >= 11 is 0. The molecule has 33 heavy (non-hydrogen) atoms. The molecule has 0 atom stereocenters. The molecule has 9 nitrogen and oxygen atoms in total. The molecule has 0 bridgehead atoms. The van der Waals surface area contributed by atoms with Gasteiger partial charge in [-0.05, 0) is 31.6 Å². The molecule has 3 aliphatic rings. The van der Waals surface area contributed by atoms with Gasteiger partial charge >= 0.3 is 18.1 Å². The third-order valence-corrected chi connectivity index (χ3v) is 5.22. The van der Waals surface area contributed by atoms with Crippen LogP contribution in [0.2, 0.25) is 0 Å². The molecule has 10 heteroatoms. The molecule has 0 aromatic carbocycles. The first-order chi connectivity index (χ1) is 16.0. The van der Waals surface area contributed by atoms with Crippen LogP contribution in [0.15, 0.2) is 19.0 Å². The first kappa shape index (κ1) is 22.5. The molecule has 2 aromatic heterocycles. The van der Waals surface area contributed by atoms with Gasteiger partial charge in [-0.3, -0.25) is 14.6 Å². The average molecular weight is 452 g/mol. The second-order valence-corrected chi connectivity index (χ2v) is 7.68. The summed E-state index contributed by atoms with van der Waals surface area (Å²) in [4.78, 5) is 42.7. The van der Waals surface area contributed by atoms with Gasteiger partial charge in [0.2, 0.25) is 0 Å². The number of amides is 2. The number of fused-ring (bicyclic) bond motifs is 1. The van der Waals surface area contributed by atoms with Gasteiger partial charge in [0.05, 0.1) is 24.5 Å². The maximum atomic E-state index is 13.0. The number of urea groups is 1. The summed E-state index contributed by atoms with van der Waals surface area (Å²) < 4.78 is 17.7. The Kier molecular flexibility index (Phi) is 6.40. The Morgan fingerprint density at radius 1 is 1.21 bits per heavy atom. The van der Waals surface area contributed by atoms with Crippen molar-refractivity contribution in [2.75, 3.05) is 4.90 Å². The number of aromatic amines is 1. The van der Waals surface area contributed by atoms with E-state index in [9.17, 15) is 14.0 Å². The number of nitrogens with one attached hydrogen (secondary N) is 1. The van der Waals surface area contributed by atoms with Crippen LogP contribution in [0.1, 0.15) is 63.9 Å². The fraction of sp³-hybridized carbons (Fsp3) is 0.435. The summed E-state index contributed by atoms with van der Waals surface area (Å²) in [7, 11) is 0. The molecule has 2 amide bonds. The largest absolute Gasteiger partial charge is 0.423 e. The van der Waals surface area contributed by atoms with Crippen LogP contribution in [0, 0.1) is 17.9 Å². The van der Waals surface area contributed by atoms with Crippen LogP contribution in [-0.4, -0.2) is 48.9 Å². The minimum Gasteiger partial charge on any atom is -0.423 e. The van der Waals surface area contributed by atoms with Crippen molar-refractivity contribution in [3.05, 3.63) is 36.6 Å². The molecule has 3 heterocycles. The third kappa shape index (κ3) is 4.87. The van der Waals surface area contributed by atoms with Crippen LogP contribution in [0.4, 0.5) is 15.0 Å². The Hall–Kier alpha value is -3.74. The second-order valence-electron chi connectivity index (χ2n) is 7.68. The SMILES string of the molecule is C=C1c2[nH]c(C#CCCC(=O)Oc3cnc(F)nc3)nc2N(C2CC2)C(=O)N1C1CC1.CC. The number of H-pyrrole nitrogens is 1. The highest BCUT2D eigenvalue weighted by atomic mass is 19.1. The van der Waals surface area contributed by atoms with E-state index >= 15 is 0 Å². The van der Waals surface area contributed by atoms with Gasteiger partial charge in [-0.1, -0.05) is 26.3 Å². The molecule has 0 unspecified atom stereocenters. The van der Waals surface area contributed by atoms with Gasteiger partial charge < -0.3 is 9.72 Å². The average Bonchev–Trinajstić information content (AvgIpc) is 3.74. The predicted octanol–water partition coefficient (Wildman–Crippen LogP) is 3.64. The van der Waals surface area contributed by atoms with Crippen LogP contribution in [0.3, 0.4) is 0 Å². The molecule has 0 spiro atoms. The number of hydrogen-bond acceptors (Lipinski definition) is 6. The van der Waals surface area contributed by atoms with E-state index in [0.29, 0.717) is 17.3 Å². The van der Waals surface area contributed by atoms with Crippen molar-refractivity contribution in [3.63, 3.8) is 0 Å². The normalized spacial score (nSPS) is 16.9. The lowest BCUT2D eigenvalue weighted by Crippen LogP contribution is -2.48. The second kappa shape index (κ2) is 9.40. The lowest BCUT2D eigenvalue weighted by Gasteiger charge is -2.35. The summed E-state index contributed by atoms with van der Waals surface area (Å²) in [6.07, 6.45) is 5.47. The van der Waals surface area contributed by atoms with Crippen molar-refractivity contribution in [3.8, 4) is 17.6 Å². The molecule has 1 N–H and O–H groups in total. The minimum atomic E-state index is -0.892. The number of anilines is 1. The predicted molar refractivity (Wildman–Crippen MR) is 118 cm³/mol. The van der Waals surface area contributed by atoms with Gasteiger partial charge in [0.1, 0.15) is 5.69 Å².